The zero-order valence-corrected chi connectivity index (χ0v) is 14.5. The second-order valence-corrected chi connectivity index (χ2v) is 12.2. The summed E-state index contributed by atoms with van der Waals surface area (Å²) in [5.41, 5.74) is 1.41. The molecule has 0 spiro atoms. The van der Waals surface area contributed by atoms with Gasteiger partial charge in [-0.15, -0.1) is 0 Å². The molecule has 0 bridgehead atoms. The van der Waals surface area contributed by atoms with E-state index in [1.807, 2.05) is 0 Å². The molecule has 0 amide bonds. The van der Waals surface area contributed by atoms with Gasteiger partial charge < -0.3 is 4.74 Å². The summed E-state index contributed by atoms with van der Waals surface area (Å²) in [6, 6.07) is 9.25. The van der Waals surface area contributed by atoms with Gasteiger partial charge in [0.1, 0.15) is 0 Å². The van der Waals surface area contributed by atoms with Crippen LogP contribution in [-0.2, 0) is 11.3 Å². The van der Waals surface area contributed by atoms with Crippen LogP contribution >= 0.6 is 0 Å². The number of rotatable bonds is 5. The molecular formula is C17H29NOSi. The van der Waals surface area contributed by atoms with Crippen LogP contribution in [-0.4, -0.2) is 39.3 Å². The maximum absolute atomic E-state index is 5.81. The lowest BCUT2D eigenvalue weighted by molar-refractivity contribution is -0.00259. The molecule has 112 valence electrons. The van der Waals surface area contributed by atoms with Crippen molar-refractivity contribution < 1.29 is 4.74 Å². The second-order valence-electron chi connectivity index (χ2n) is 7.13. The molecule has 2 rings (SSSR count). The van der Waals surface area contributed by atoms with Crippen molar-refractivity contribution in [2.24, 2.45) is 0 Å². The fourth-order valence-corrected chi connectivity index (χ4v) is 3.95. The number of hydrogen-bond donors (Lipinski definition) is 0. The molecule has 1 atom stereocenters. The summed E-state index contributed by atoms with van der Waals surface area (Å²) < 4.78 is 5.81. The van der Waals surface area contributed by atoms with Crippen LogP contribution in [0.4, 0.5) is 0 Å². The summed E-state index contributed by atoms with van der Waals surface area (Å²) in [6.45, 7) is 10.2. The van der Waals surface area contributed by atoms with Crippen molar-refractivity contribution in [3.63, 3.8) is 0 Å². The minimum absolute atomic E-state index is 0.440. The fraction of sp³-hybridized carbons (Fsp3) is 0.647. The maximum Gasteiger partial charge on any atom is 0.0775 e. The lowest BCUT2D eigenvalue weighted by atomic mass is 10.1. The first-order valence-corrected chi connectivity index (χ1v) is 11.3. The van der Waals surface area contributed by atoms with Gasteiger partial charge in [0, 0.05) is 19.7 Å². The predicted molar refractivity (Wildman–Crippen MR) is 89.3 cm³/mol. The summed E-state index contributed by atoms with van der Waals surface area (Å²) in [4.78, 5) is 2.39. The van der Waals surface area contributed by atoms with Gasteiger partial charge in [-0.2, -0.15) is 0 Å². The highest BCUT2D eigenvalue weighted by Gasteiger charge is 2.17. The number of nitrogens with zero attached hydrogens (tertiary/aromatic N) is 1. The van der Waals surface area contributed by atoms with Crippen molar-refractivity contribution in [1.82, 2.24) is 4.90 Å². The molecule has 1 heterocycles. The number of likely N-dealkylation sites (N-methyl/N-ethyl adjacent to an activating group) is 1. The molecule has 1 unspecified atom stereocenters. The van der Waals surface area contributed by atoms with Gasteiger partial charge >= 0.3 is 0 Å². The summed E-state index contributed by atoms with van der Waals surface area (Å²) >= 11 is 0. The van der Waals surface area contributed by atoms with Crippen LogP contribution < -0.4 is 5.19 Å². The van der Waals surface area contributed by atoms with Crippen LogP contribution in [0.5, 0.6) is 0 Å². The molecule has 0 saturated carbocycles. The van der Waals surface area contributed by atoms with E-state index in [0.29, 0.717) is 6.10 Å². The van der Waals surface area contributed by atoms with E-state index < -0.39 is 8.07 Å². The molecule has 0 aliphatic carbocycles. The van der Waals surface area contributed by atoms with Crippen molar-refractivity contribution in [3.8, 4) is 0 Å². The molecule has 2 nitrogen and oxygen atoms in total. The number of ether oxygens (including phenoxy) is 1. The van der Waals surface area contributed by atoms with Gasteiger partial charge in [-0.25, -0.2) is 0 Å². The van der Waals surface area contributed by atoms with Crippen molar-refractivity contribution in [2.45, 2.75) is 51.6 Å². The molecule has 1 fully saturated rings. The SMILES string of the molecule is CN(Cc1ccc([Si](C)(C)C)cc1)CC1CCCCO1. The smallest absolute Gasteiger partial charge is 0.0775 e. The highest BCUT2D eigenvalue weighted by Crippen LogP contribution is 2.14. The summed E-state index contributed by atoms with van der Waals surface area (Å²) in [5, 5.41) is 1.54. The van der Waals surface area contributed by atoms with E-state index in [1.54, 1.807) is 5.19 Å². The molecule has 3 heteroatoms. The predicted octanol–water partition coefficient (Wildman–Crippen LogP) is 3.23. The third-order valence-electron chi connectivity index (χ3n) is 4.06. The van der Waals surface area contributed by atoms with E-state index in [-0.39, 0.29) is 0 Å². The minimum Gasteiger partial charge on any atom is -0.377 e. The van der Waals surface area contributed by atoms with Crippen molar-refractivity contribution in [3.05, 3.63) is 29.8 Å². The van der Waals surface area contributed by atoms with Gasteiger partial charge in [-0.05, 0) is 31.9 Å². The topological polar surface area (TPSA) is 12.5 Å². The normalized spacial score (nSPS) is 20.4. The Morgan fingerprint density at radius 2 is 1.85 bits per heavy atom. The Morgan fingerprint density at radius 1 is 1.15 bits per heavy atom. The van der Waals surface area contributed by atoms with Gasteiger partial charge in [0.25, 0.3) is 0 Å². The van der Waals surface area contributed by atoms with Gasteiger partial charge in [0.05, 0.1) is 14.2 Å². The van der Waals surface area contributed by atoms with Gasteiger partial charge in [-0.3, -0.25) is 4.90 Å². The highest BCUT2D eigenvalue weighted by molar-refractivity contribution is 6.88. The van der Waals surface area contributed by atoms with Crippen LogP contribution in [0.15, 0.2) is 24.3 Å². The summed E-state index contributed by atoms with van der Waals surface area (Å²) in [7, 11) is 1.03. The average molecular weight is 292 g/mol. The van der Waals surface area contributed by atoms with E-state index >= 15 is 0 Å². The van der Waals surface area contributed by atoms with Crippen molar-refractivity contribution in [2.75, 3.05) is 20.2 Å². The van der Waals surface area contributed by atoms with Crippen LogP contribution in [0.2, 0.25) is 19.6 Å². The first-order valence-electron chi connectivity index (χ1n) is 7.85. The van der Waals surface area contributed by atoms with Crippen molar-refractivity contribution in [1.29, 1.82) is 0 Å². The lowest BCUT2D eigenvalue weighted by Gasteiger charge is -2.27. The molecule has 0 aromatic heterocycles. The molecule has 1 aromatic carbocycles. The molecule has 0 radical (unpaired) electrons. The van der Waals surface area contributed by atoms with Crippen LogP contribution in [0.25, 0.3) is 0 Å². The van der Waals surface area contributed by atoms with Crippen LogP contribution in [0.3, 0.4) is 0 Å². The number of hydrogen-bond acceptors (Lipinski definition) is 2. The first kappa shape index (κ1) is 15.7. The van der Waals surface area contributed by atoms with Crippen LogP contribution in [0, 0.1) is 0 Å². The summed E-state index contributed by atoms with van der Waals surface area (Å²) in [6.07, 6.45) is 4.22. The second kappa shape index (κ2) is 6.88. The van der Waals surface area contributed by atoms with E-state index in [9.17, 15) is 0 Å². The summed E-state index contributed by atoms with van der Waals surface area (Å²) in [5.74, 6) is 0. The Morgan fingerprint density at radius 3 is 2.40 bits per heavy atom. The van der Waals surface area contributed by atoms with E-state index in [2.05, 4.69) is 55.9 Å². The van der Waals surface area contributed by atoms with E-state index in [4.69, 9.17) is 4.74 Å². The van der Waals surface area contributed by atoms with Crippen molar-refractivity contribution >= 4 is 13.3 Å². The zero-order valence-electron chi connectivity index (χ0n) is 13.5. The Hall–Kier alpha value is -0.643. The quantitative estimate of drug-likeness (QED) is 0.772. The standard InChI is InChI=1S/C17H29NOSi/c1-18(14-16-7-5-6-12-19-16)13-15-8-10-17(11-9-15)20(2,3)4/h8-11,16H,5-7,12-14H2,1-4H3. The Labute approximate surface area is 125 Å². The van der Waals surface area contributed by atoms with E-state index in [0.717, 1.165) is 19.7 Å². The van der Waals surface area contributed by atoms with Gasteiger partial charge in [0.15, 0.2) is 0 Å². The van der Waals surface area contributed by atoms with Crippen LogP contribution in [0.1, 0.15) is 24.8 Å². The minimum atomic E-state index is -1.16. The third kappa shape index (κ3) is 4.72. The molecule has 1 saturated heterocycles. The monoisotopic (exact) mass is 291 g/mol. The Kier molecular flexibility index (Phi) is 5.41. The molecule has 1 aliphatic rings. The first-order chi connectivity index (χ1) is 9.45. The number of benzene rings is 1. The molecule has 0 N–H and O–H groups in total. The third-order valence-corrected chi connectivity index (χ3v) is 6.13. The average Bonchev–Trinajstić information content (AvgIpc) is 2.39. The molecule has 1 aromatic rings. The Bertz CT molecular complexity index is 404. The van der Waals surface area contributed by atoms with E-state index in [1.165, 1.54) is 24.8 Å². The molecular weight excluding hydrogens is 262 g/mol. The largest absolute Gasteiger partial charge is 0.377 e. The molecule has 1 aliphatic heterocycles. The maximum atomic E-state index is 5.81. The highest BCUT2D eigenvalue weighted by atomic mass is 28.3. The zero-order chi connectivity index (χ0) is 14.6. The lowest BCUT2D eigenvalue weighted by Crippen LogP contribution is -2.37. The Balaban J connectivity index is 1.86. The van der Waals surface area contributed by atoms with Gasteiger partial charge in [-0.1, -0.05) is 49.1 Å². The molecule has 20 heavy (non-hydrogen) atoms. The fourth-order valence-electron chi connectivity index (χ4n) is 2.79. The van der Waals surface area contributed by atoms with Gasteiger partial charge in [0.2, 0.25) is 0 Å².